The van der Waals surface area contributed by atoms with Crippen LogP contribution < -0.4 is 11.1 Å². The van der Waals surface area contributed by atoms with Crippen molar-refractivity contribution in [3.8, 4) is 5.69 Å². The number of rotatable bonds is 6. The molecule has 1 N–H and O–H groups in total. The van der Waals surface area contributed by atoms with E-state index in [2.05, 4.69) is 20.8 Å². The van der Waals surface area contributed by atoms with E-state index in [9.17, 15) is 9.59 Å². The SMILES string of the molecule is Cc1ccc(-n2cnnn2)cc1NC(=O)CCCn1c(=O)oc2ccccc21. The van der Waals surface area contributed by atoms with Crippen LogP contribution in [-0.4, -0.2) is 30.7 Å². The normalized spacial score (nSPS) is 11.0. The largest absolute Gasteiger partial charge is 0.419 e. The molecule has 2 heterocycles. The van der Waals surface area contributed by atoms with Gasteiger partial charge in [-0.15, -0.1) is 5.10 Å². The second-order valence-electron chi connectivity index (χ2n) is 6.39. The monoisotopic (exact) mass is 378 g/mol. The number of hydrogen-bond acceptors (Lipinski definition) is 6. The molecule has 0 bridgehead atoms. The Morgan fingerprint density at radius 3 is 2.89 bits per heavy atom. The Kier molecular flexibility index (Phi) is 4.71. The number of carbonyl (C=O) groups is 1. The highest BCUT2D eigenvalue weighted by Crippen LogP contribution is 2.19. The molecule has 142 valence electrons. The maximum atomic E-state index is 12.4. The number of nitrogens with zero attached hydrogens (tertiary/aromatic N) is 5. The fraction of sp³-hybridized carbons (Fsp3) is 0.211. The molecule has 0 aliphatic heterocycles. The highest BCUT2D eigenvalue weighted by atomic mass is 16.4. The summed E-state index contributed by atoms with van der Waals surface area (Å²) < 4.78 is 8.27. The molecule has 9 nitrogen and oxygen atoms in total. The first-order chi connectivity index (χ1) is 13.6. The Morgan fingerprint density at radius 1 is 1.21 bits per heavy atom. The van der Waals surface area contributed by atoms with Gasteiger partial charge >= 0.3 is 5.76 Å². The van der Waals surface area contributed by atoms with Crippen LogP contribution in [0.1, 0.15) is 18.4 Å². The van der Waals surface area contributed by atoms with Crippen molar-refractivity contribution in [3.63, 3.8) is 0 Å². The summed E-state index contributed by atoms with van der Waals surface area (Å²) in [5.41, 5.74) is 3.67. The summed E-state index contributed by atoms with van der Waals surface area (Å²) in [5.74, 6) is -0.538. The van der Waals surface area contributed by atoms with Crippen LogP contribution in [0.4, 0.5) is 5.69 Å². The van der Waals surface area contributed by atoms with E-state index in [0.717, 1.165) is 16.8 Å². The van der Waals surface area contributed by atoms with Crippen LogP contribution in [0.2, 0.25) is 0 Å². The number of oxazole rings is 1. The number of fused-ring (bicyclic) bond motifs is 1. The number of para-hydroxylation sites is 2. The summed E-state index contributed by atoms with van der Waals surface area (Å²) in [6.07, 6.45) is 2.28. The zero-order valence-electron chi connectivity index (χ0n) is 15.2. The summed E-state index contributed by atoms with van der Waals surface area (Å²) in [6.45, 7) is 2.32. The zero-order chi connectivity index (χ0) is 19.5. The van der Waals surface area contributed by atoms with Crippen LogP contribution in [0.15, 0.2) is 58.0 Å². The summed E-state index contributed by atoms with van der Waals surface area (Å²) in [6, 6.07) is 12.8. The highest BCUT2D eigenvalue weighted by molar-refractivity contribution is 5.91. The van der Waals surface area contributed by atoms with Gasteiger partial charge in [0.25, 0.3) is 0 Å². The molecule has 0 radical (unpaired) electrons. The predicted molar refractivity (Wildman–Crippen MR) is 102 cm³/mol. The van der Waals surface area contributed by atoms with Crippen molar-refractivity contribution < 1.29 is 9.21 Å². The van der Waals surface area contributed by atoms with Gasteiger partial charge < -0.3 is 9.73 Å². The lowest BCUT2D eigenvalue weighted by Crippen LogP contribution is -2.17. The Labute approximate surface area is 159 Å². The van der Waals surface area contributed by atoms with Crippen LogP contribution in [0.25, 0.3) is 16.8 Å². The maximum Gasteiger partial charge on any atom is 0.419 e. The molecule has 0 unspecified atom stereocenters. The van der Waals surface area contributed by atoms with Gasteiger partial charge in [0.05, 0.1) is 11.2 Å². The quantitative estimate of drug-likeness (QED) is 0.551. The first kappa shape index (κ1) is 17.7. The van der Waals surface area contributed by atoms with E-state index >= 15 is 0 Å². The van der Waals surface area contributed by atoms with Crippen molar-refractivity contribution in [1.82, 2.24) is 24.8 Å². The number of tetrazole rings is 1. The third-order valence-corrected chi connectivity index (χ3v) is 4.47. The smallest absolute Gasteiger partial charge is 0.408 e. The summed E-state index contributed by atoms with van der Waals surface area (Å²) in [5, 5.41) is 14.0. The van der Waals surface area contributed by atoms with Gasteiger partial charge in [0.1, 0.15) is 6.33 Å². The fourth-order valence-electron chi connectivity index (χ4n) is 3.00. The van der Waals surface area contributed by atoms with Crippen molar-refractivity contribution in [2.24, 2.45) is 0 Å². The van der Waals surface area contributed by atoms with Crippen molar-refractivity contribution in [1.29, 1.82) is 0 Å². The molecule has 28 heavy (non-hydrogen) atoms. The van der Waals surface area contributed by atoms with Crippen molar-refractivity contribution in [2.75, 3.05) is 5.32 Å². The number of amides is 1. The number of anilines is 1. The lowest BCUT2D eigenvalue weighted by atomic mass is 10.1. The van der Waals surface area contributed by atoms with Gasteiger partial charge in [-0.05, 0) is 53.6 Å². The minimum Gasteiger partial charge on any atom is -0.408 e. The molecule has 4 rings (SSSR count). The van der Waals surface area contributed by atoms with Gasteiger partial charge in [0.2, 0.25) is 5.91 Å². The lowest BCUT2D eigenvalue weighted by Gasteiger charge is -2.10. The molecule has 0 fully saturated rings. The third-order valence-electron chi connectivity index (χ3n) is 4.47. The van der Waals surface area contributed by atoms with Gasteiger partial charge in [-0.3, -0.25) is 9.36 Å². The van der Waals surface area contributed by atoms with E-state index in [1.807, 2.05) is 43.3 Å². The Hall–Kier alpha value is -3.75. The van der Waals surface area contributed by atoms with Crippen LogP contribution in [-0.2, 0) is 11.3 Å². The standard InChI is InChI=1S/C19H18N6O3/c1-13-8-9-14(25-12-20-22-23-25)11-15(13)21-18(26)7-4-10-24-16-5-2-3-6-17(16)28-19(24)27/h2-3,5-6,8-9,11-12H,4,7,10H2,1H3,(H,21,26). The molecule has 2 aromatic heterocycles. The van der Waals surface area contributed by atoms with Gasteiger partial charge in [-0.1, -0.05) is 18.2 Å². The Bertz CT molecular complexity index is 1180. The number of nitrogens with one attached hydrogen (secondary N) is 1. The van der Waals surface area contributed by atoms with Gasteiger partial charge in [-0.2, -0.15) is 0 Å². The van der Waals surface area contributed by atoms with E-state index in [0.29, 0.717) is 24.2 Å². The minimum absolute atomic E-state index is 0.127. The number of carbonyl (C=O) groups excluding carboxylic acids is 1. The van der Waals surface area contributed by atoms with E-state index in [1.165, 1.54) is 11.0 Å². The summed E-state index contributed by atoms with van der Waals surface area (Å²) in [7, 11) is 0. The molecule has 0 aliphatic rings. The number of benzene rings is 2. The van der Waals surface area contributed by atoms with Crippen LogP contribution in [0.3, 0.4) is 0 Å². The maximum absolute atomic E-state index is 12.4. The van der Waals surface area contributed by atoms with E-state index < -0.39 is 5.76 Å². The van der Waals surface area contributed by atoms with E-state index in [1.54, 1.807) is 10.6 Å². The Morgan fingerprint density at radius 2 is 2.07 bits per heavy atom. The predicted octanol–water partition coefficient (Wildman–Crippen LogP) is 2.30. The van der Waals surface area contributed by atoms with Crippen molar-refractivity contribution in [3.05, 3.63) is 64.9 Å². The molecule has 9 heteroatoms. The molecule has 2 aromatic carbocycles. The minimum atomic E-state index is -0.411. The van der Waals surface area contributed by atoms with Gasteiger partial charge in [-0.25, -0.2) is 9.48 Å². The zero-order valence-corrected chi connectivity index (χ0v) is 15.2. The third kappa shape index (κ3) is 3.54. The topological polar surface area (TPSA) is 108 Å². The summed E-state index contributed by atoms with van der Waals surface area (Å²) in [4.78, 5) is 24.3. The average molecular weight is 378 g/mol. The second-order valence-corrected chi connectivity index (χ2v) is 6.39. The second kappa shape index (κ2) is 7.47. The lowest BCUT2D eigenvalue weighted by molar-refractivity contribution is -0.116. The molecule has 0 atom stereocenters. The van der Waals surface area contributed by atoms with Crippen molar-refractivity contribution >= 4 is 22.7 Å². The molecule has 4 aromatic rings. The van der Waals surface area contributed by atoms with E-state index in [-0.39, 0.29) is 12.3 Å². The Balaban J connectivity index is 1.40. The number of hydrogen-bond donors (Lipinski definition) is 1. The molecular formula is C19H18N6O3. The van der Waals surface area contributed by atoms with Crippen LogP contribution in [0.5, 0.6) is 0 Å². The van der Waals surface area contributed by atoms with Crippen LogP contribution in [0, 0.1) is 6.92 Å². The van der Waals surface area contributed by atoms with Crippen LogP contribution >= 0.6 is 0 Å². The highest BCUT2D eigenvalue weighted by Gasteiger charge is 2.11. The van der Waals surface area contributed by atoms with Gasteiger partial charge in [0, 0.05) is 18.7 Å². The molecular weight excluding hydrogens is 360 g/mol. The first-order valence-corrected chi connectivity index (χ1v) is 8.84. The first-order valence-electron chi connectivity index (χ1n) is 8.84. The van der Waals surface area contributed by atoms with Gasteiger partial charge in [0.15, 0.2) is 5.58 Å². The number of aryl methyl sites for hydroxylation is 2. The fourth-order valence-corrected chi connectivity index (χ4v) is 3.00. The summed E-state index contributed by atoms with van der Waals surface area (Å²) >= 11 is 0. The molecule has 0 saturated carbocycles. The average Bonchev–Trinajstić information content (AvgIpc) is 3.32. The number of aromatic nitrogens is 5. The molecule has 1 amide bonds. The van der Waals surface area contributed by atoms with Crippen molar-refractivity contribution in [2.45, 2.75) is 26.3 Å². The molecule has 0 aliphatic carbocycles. The molecule has 0 saturated heterocycles. The molecule has 0 spiro atoms. The van der Waals surface area contributed by atoms with E-state index in [4.69, 9.17) is 4.42 Å².